The van der Waals surface area contributed by atoms with E-state index in [1.165, 1.54) is 4.90 Å². The van der Waals surface area contributed by atoms with Crippen molar-refractivity contribution >= 4 is 17.9 Å². The average molecular weight is 507 g/mol. The molecule has 1 saturated heterocycles. The molecular formula is C28H34N4O5. The lowest BCUT2D eigenvalue weighted by molar-refractivity contribution is -0.139. The van der Waals surface area contributed by atoms with E-state index < -0.39 is 12.0 Å². The lowest BCUT2D eigenvalue weighted by Crippen LogP contribution is -2.49. The quantitative estimate of drug-likeness (QED) is 0.581. The highest BCUT2D eigenvalue weighted by Crippen LogP contribution is 2.31. The van der Waals surface area contributed by atoms with Gasteiger partial charge in [0.05, 0.1) is 25.3 Å². The van der Waals surface area contributed by atoms with E-state index in [2.05, 4.69) is 10.2 Å². The van der Waals surface area contributed by atoms with Gasteiger partial charge in [-0.05, 0) is 43.2 Å². The molecule has 1 N–H and O–H groups in total. The van der Waals surface area contributed by atoms with Gasteiger partial charge in [0.25, 0.3) is 5.91 Å². The molecule has 2 aliphatic heterocycles. The SMILES string of the molecule is CCOC(=O)C1=C(CN2CCCN(C(=O)c3ccc(OC)cc3)CC2)N(C)C(=O)NC1c1ccccc1. The lowest BCUT2D eigenvalue weighted by atomic mass is 9.94. The summed E-state index contributed by atoms with van der Waals surface area (Å²) in [5.74, 6) is 0.247. The number of amides is 3. The topological polar surface area (TPSA) is 91.4 Å². The van der Waals surface area contributed by atoms with Crippen molar-refractivity contribution in [2.24, 2.45) is 0 Å². The molecule has 9 heteroatoms. The van der Waals surface area contributed by atoms with Crippen molar-refractivity contribution in [3.8, 4) is 5.75 Å². The first-order chi connectivity index (χ1) is 17.9. The molecular weight excluding hydrogens is 472 g/mol. The Balaban J connectivity index is 1.55. The summed E-state index contributed by atoms with van der Waals surface area (Å²) >= 11 is 0. The molecule has 0 bridgehead atoms. The fourth-order valence-electron chi connectivity index (χ4n) is 4.75. The monoisotopic (exact) mass is 506 g/mol. The van der Waals surface area contributed by atoms with Gasteiger partial charge in [-0.15, -0.1) is 0 Å². The first-order valence-corrected chi connectivity index (χ1v) is 12.6. The van der Waals surface area contributed by atoms with Gasteiger partial charge in [-0.25, -0.2) is 9.59 Å². The normalized spacial score (nSPS) is 18.8. The first kappa shape index (κ1) is 26.2. The van der Waals surface area contributed by atoms with Gasteiger partial charge in [-0.2, -0.15) is 0 Å². The average Bonchev–Trinajstić information content (AvgIpc) is 3.17. The second-order valence-corrected chi connectivity index (χ2v) is 9.08. The van der Waals surface area contributed by atoms with E-state index in [4.69, 9.17) is 9.47 Å². The Morgan fingerprint density at radius 3 is 2.41 bits per heavy atom. The van der Waals surface area contributed by atoms with E-state index in [0.29, 0.717) is 48.8 Å². The summed E-state index contributed by atoms with van der Waals surface area (Å²) in [4.78, 5) is 44.7. The Bertz CT molecular complexity index is 1150. The standard InChI is InChI=1S/C28H34N4O5/c1-4-37-27(34)24-23(30(2)28(35)29-25(24)20-9-6-5-7-10-20)19-31-15-8-16-32(18-17-31)26(33)21-11-13-22(36-3)14-12-21/h5-7,9-14,25H,4,8,15-19H2,1-3H3,(H,29,35). The van der Waals surface area contributed by atoms with Gasteiger partial charge in [0, 0.05) is 51.0 Å². The zero-order chi connectivity index (χ0) is 26.4. The van der Waals surface area contributed by atoms with Crippen LogP contribution < -0.4 is 10.1 Å². The van der Waals surface area contributed by atoms with E-state index >= 15 is 0 Å². The second kappa shape index (κ2) is 11.9. The summed E-state index contributed by atoms with van der Waals surface area (Å²) in [7, 11) is 3.26. The van der Waals surface area contributed by atoms with Crippen LogP contribution in [0.15, 0.2) is 65.9 Å². The molecule has 3 amide bonds. The second-order valence-electron chi connectivity index (χ2n) is 9.08. The molecule has 2 aromatic rings. The smallest absolute Gasteiger partial charge is 0.338 e. The van der Waals surface area contributed by atoms with Gasteiger partial charge in [0.15, 0.2) is 0 Å². The molecule has 1 unspecified atom stereocenters. The fourth-order valence-corrected chi connectivity index (χ4v) is 4.75. The number of likely N-dealkylation sites (N-methyl/N-ethyl adjacent to an activating group) is 1. The van der Waals surface area contributed by atoms with E-state index in [-0.39, 0.29) is 18.5 Å². The minimum absolute atomic E-state index is 0.0192. The molecule has 0 radical (unpaired) electrons. The Morgan fingerprint density at radius 2 is 1.73 bits per heavy atom. The number of nitrogens with zero attached hydrogens (tertiary/aromatic N) is 3. The number of carbonyl (C=O) groups excluding carboxylic acids is 3. The van der Waals surface area contributed by atoms with Crippen molar-refractivity contribution in [1.29, 1.82) is 0 Å². The Labute approximate surface area is 217 Å². The Kier molecular flexibility index (Phi) is 8.45. The largest absolute Gasteiger partial charge is 0.497 e. The fraction of sp³-hybridized carbons (Fsp3) is 0.393. The molecule has 0 aliphatic carbocycles. The molecule has 2 aliphatic rings. The van der Waals surface area contributed by atoms with Gasteiger partial charge in [-0.1, -0.05) is 30.3 Å². The van der Waals surface area contributed by atoms with Crippen LogP contribution >= 0.6 is 0 Å². The number of urea groups is 1. The molecule has 1 fully saturated rings. The zero-order valence-electron chi connectivity index (χ0n) is 21.6. The highest BCUT2D eigenvalue weighted by atomic mass is 16.5. The maximum absolute atomic E-state index is 13.2. The number of hydrogen-bond acceptors (Lipinski definition) is 6. The van der Waals surface area contributed by atoms with Crippen molar-refractivity contribution < 1.29 is 23.9 Å². The van der Waals surface area contributed by atoms with Crippen LogP contribution in [-0.2, 0) is 9.53 Å². The molecule has 2 aromatic carbocycles. The van der Waals surface area contributed by atoms with Gasteiger partial charge >= 0.3 is 12.0 Å². The molecule has 1 atom stereocenters. The number of nitrogens with one attached hydrogen (secondary N) is 1. The summed E-state index contributed by atoms with van der Waals surface area (Å²) in [6.45, 7) is 4.93. The number of esters is 1. The maximum atomic E-state index is 13.2. The van der Waals surface area contributed by atoms with Crippen LogP contribution in [0.1, 0.15) is 35.3 Å². The lowest BCUT2D eigenvalue weighted by Gasteiger charge is -2.36. The van der Waals surface area contributed by atoms with Crippen molar-refractivity contribution in [3.05, 3.63) is 77.0 Å². The summed E-state index contributed by atoms with van der Waals surface area (Å²) in [5, 5.41) is 2.95. The van der Waals surface area contributed by atoms with E-state index in [1.54, 1.807) is 45.3 Å². The van der Waals surface area contributed by atoms with Crippen molar-refractivity contribution in [2.45, 2.75) is 19.4 Å². The van der Waals surface area contributed by atoms with Gasteiger partial charge in [0.2, 0.25) is 0 Å². The molecule has 9 nitrogen and oxygen atoms in total. The molecule has 0 saturated carbocycles. The van der Waals surface area contributed by atoms with Crippen LogP contribution in [0.25, 0.3) is 0 Å². The number of ether oxygens (including phenoxy) is 2. The van der Waals surface area contributed by atoms with E-state index in [0.717, 1.165) is 18.5 Å². The summed E-state index contributed by atoms with van der Waals surface area (Å²) in [6.07, 6.45) is 0.780. The Hall–Kier alpha value is -3.85. The Morgan fingerprint density at radius 1 is 1.00 bits per heavy atom. The van der Waals surface area contributed by atoms with Crippen LogP contribution in [-0.4, -0.2) is 86.1 Å². The third-order valence-electron chi connectivity index (χ3n) is 6.79. The van der Waals surface area contributed by atoms with Crippen LogP contribution in [0, 0.1) is 0 Å². The third kappa shape index (κ3) is 5.94. The number of methoxy groups -OCH3 is 1. The highest BCUT2D eigenvalue weighted by molar-refractivity contribution is 5.95. The summed E-state index contributed by atoms with van der Waals surface area (Å²) in [5.41, 5.74) is 2.49. The van der Waals surface area contributed by atoms with Gasteiger partial charge in [-0.3, -0.25) is 14.6 Å². The predicted molar refractivity (Wildman–Crippen MR) is 139 cm³/mol. The molecule has 0 spiro atoms. The number of rotatable bonds is 7. The number of carbonyl (C=O) groups is 3. The third-order valence-corrected chi connectivity index (χ3v) is 6.79. The van der Waals surface area contributed by atoms with E-state index in [1.807, 2.05) is 35.2 Å². The molecule has 2 heterocycles. The molecule has 0 aromatic heterocycles. The molecule has 37 heavy (non-hydrogen) atoms. The van der Waals surface area contributed by atoms with Crippen molar-refractivity contribution in [2.75, 3.05) is 53.5 Å². The minimum atomic E-state index is -0.598. The van der Waals surface area contributed by atoms with Crippen LogP contribution in [0.3, 0.4) is 0 Å². The maximum Gasteiger partial charge on any atom is 0.338 e. The highest BCUT2D eigenvalue weighted by Gasteiger charge is 2.37. The molecule has 4 rings (SSSR count). The summed E-state index contributed by atoms with van der Waals surface area (Å²) in [6, 6.07) is 15.7. The van der Waals surface area contributed by atoms with Crippen LogP contribution in [0.4, 0.5) is 4.79 Å². The number of hydrogen-bond donors (Lipinski definition) is 1. The van der Waals surface area contributed by atoms with E-state index in [9.17, 15) is 14.4 Å². The van der Waals surface area contributed by atoms with Crippen LogP contribution in [0.2, 0.25) is 0 Å². The zero-order valence-corrected chi connectivity index (χ0v) is 21.6. The van der Waals surface area contributed by atoms with Crippen LogP contribution in [0.5, 0.6) is 5.75 Å². The molecule has 196 valence electrons. The van der Waals surface area contributed by atoms with Crippen molar-refractivity contribution in [3.63, 3.8) is 0 Å². The number of benzene rings is 2. The minimum Gasteiger partial charge on any atom is -0.497 e. The first-order valence-electron chi connectivity index (χ1n) is 12.6. The predicted octanol–water partition coefficient (Wildman–Crippen LogP) is 3.06. The summed E-state index contributed by atoms with van der Waals surface area (Å²) < 4.78 is 10.6. The van der Waals surface area contributed by atoms with Gasteiger partial charge in [0.1, 0.15) is 5.75 Å². The van der Waals surface area contributed by atoms with Crippen molar-refractivity contribution in [1.82, 2.24) is 20.0 Å². The van der Waals surface area contributed by atoms with Gasteiger partial charge < -0.3 is 19.7 Å².